The molecule has 0 fully saturated rings. The van der Waals surface area contributed by atoms with Crippen molar-refractivity contribution in [2.75, 3.05) is 10.8 Å². The topological polar surface area (TPSA) is 86.8 Å². The largest absolute Gasteiger partial charge is 0.352 e. The molecule has 208 valence electrons. The van der Waals surface area contributed by atoms with Crippen LogP contribution in [-0.4, -0.2) is 43.8 Å². The summed E-state index contributed by atoms with van der Waals surface area (Å²) in [4.78, 5) is 28.3. The molecular weight excluding hydrogens is 557 g/mol. The summed E-state index contributed by atoms with van der Waals surface area (Å²) >= 11 is 12.8. The highest BCUT2D eigenvalue weighted by Gasteiger charge is 2.33. The fourth-order valence-electron chi connectivity index (χ4n) is 3.97. The predicted octanol–water partition coefficient (Wildman–Crippen LogP) is 5.75. The third kappa shape index (κ3) is 7.32. The van der Waals surface area contributed by atoms with Crippen LogP contribution in [0.5, 0.6) is 0 Å². The lowest BCUT2D eigenvalue weighted by Gasteiger charge is -2.32. The van der Waals surface area contributed by atoms with Crippen molar-refractivity contribution in [2.24, 2.45) is 0 Å². The van der Waals surface area contributed by atoms with Crippen molar-refractivity contribution >= 4 is 50.7 Å². The lowest BCUT2D eigenvalue weighted by atomic mass is 10.1. The van der Waals surface area contributed by atoms with E-state index in [0.717, 1.165) is 15.4 Å². The zero-order valence-corrected chi connectivity index (χ0v) is 24.9. The summed E-state index contributed by atoms with van der Waals surface area (Å²) in [5.74, 6) is -0.972. The number of carbonyl (C=O) groups is 2. The van der Waals surface area contributed by atoms with Crippen molar-refractivity contribution in [2.45, 2.75) is 58.1 Å². The van der Waals surface area contributed by atoms with Gasteiger partial charge in [0, 0.05) is 28.2 Å². The Hall–Kier alpha value is -3.07. The molecule has 2 amide bonds. The number of anilines is 1. The highest BCUT2D eigenvalue weighted by Crippen LogP contribution is 2.29. The average molecular weight is 591 g/mol. The number of nitrogens with zero attached hydrogens (tertiary/aromatic N) is 2. The van der Waals surface area contributed by atoms with Gasteiger partial charge in [0.15, 0.2) is 0 Å². The van der Waals surface area contributed by atoms with Gasteiger partial charge in [-0.05, 0) is 82.1 Å². The molecule has 0 aromatic heterocycles. The summed E-state index contributed by atoms with van der Waals surface area (Å²) in [6, 6.07) is 17.0. The molecule has 1 atom stereocenters. The molecule has 0 heterocycles. The Kier molecular flexibility index (Phi) is 10.0. The minimum Gasteiger partial charge on any atom is -0.352 e. The quantitative estimate of drug-likeness (QED) is 0.326. The summed E-state index contributed by atoms with van der Waals surface area (Å²) in [6.45, 7) is 8.39. The summed E-state index contributed by atoms with van der Waals surface area (Å²) in [6.07, 6.45) is 0. The first-order valence-corrected chi connectivity index (χ1v) is 14.7. The normalized spacial score (nSPS) is 12.2. The number of rotatable bonds is 10. The van der Waals surface area contributed by atoms with Crippen molar-refractivity contribution in [1.29, 1.82) is 0 Å². The molecule has 0 aliphatic rings. The van der Waals surface area contributed by atoms with E-state index in [1.54, 1.807) is 55.5 Å². The highest BCUT2D eigenvalue weighted by molar-refractivity contribution is 7.92. The maximum absolute atomic E-state index is 14.0. The van der Waals surface area contributed by atoms with Crippen LogP contribution in [-0.2, 0) is 26.2 Å². The molecule has 0 aliphatic carbocycles. The lowest BCUT2D eigenvalue weighted by molar-refractivity contribution is -0.139. The van der Waals surface area contributed by atoms with Gasteiger partial charge in [-0.15, -0.1) is 0 Å². The molecule has 0 saturated heterocycles. The van der Waals surface area contributed by atoms with Gasteiger partial charge in [0.25, 0.3) is 10.0 Å². The van der Waals surface area contributed by atoms with Crippen LogP contribution in [0, 0.1) is 13.8 Å². The molecule has 1 N–H and O–H groups in total. The van der Waals surface area contributed by atoms with E-state index in [0.29, 0.717) is 21.3 Å². The number of hydrogen-bond acceptors (Lipinski definition) is 4. The van der Waals surface area contributed by atoms with Gasteiger partial charge in [-0.1, -0.05) is 53.5 Å². The van der Waals surface area contributed by atoms with Gasteiger partial charge in [0.05, 0.1) is 10.6 Å². The summed E-state index contributed by atoms with van der Waals surface area (Å²) < 4.78 is 28.7. The third-order valence-electron chi connectivity index (χ3n) is 6.38. The number of carbonyl (C=O) groups excluding carboxylic acids is 2. The monoisotopic (exact) mass is 589 g/mol. The van der Waals surface area contributed by atoms with Crippen LogP contribution < -0.4 is 9.62 Å². The number of hydrogen-bond donors (Lipinski definition) is 1. The molecule has 0 unspecified atom stereocenters. The standard InChI is InChI=1S/C29H33Cl2N3O4S/c1-19(2)32-29(36)22(5)33(17-25-26(30)12-9-13-27(25)31)28(35)18-34(23-15-14-20(3)21(4)16-23)39(37,38)24-10-7-6-8-11-24/h6-16,19,22H,17-18H2,1-5H3,(H,32,36)/t22-/m0/s1. The van der Waals surface area contributed by atoms with E-state index in [2.05, 4.69) is 5.32 Å². The Morgan fingerprint density at radius 3 is 2.05 bits per heavy atom. The number of nitrogens with one attached hydrogen (secondary N) is 1. The Morgan fingerprint density at radius 1 is 0.872 bits per heavy atom. The minimum absolute atomic E-state index is 0.0438. The Bertz CT molecular complexity index is 1430. The van der Waals surface area contributed by atoms with E-state index >= 15 is 0 Å². The van der Waals surface area contributed by atoms with Gasteiger partial charge in [-0.25, -0.2) is 8.42 Å². The van der Waals surface area contributed by atoms with Crippen LogP contribution >= 0.6 is 23.2 Å². The maximum atomic E-state index is 14.0. The van der Waals surface area contributed by atoms with E-state index in [4.69, 9.17) is 23.2 Å². The Balaban J connectivity index is 2.08. The van der Waals surface area contributed by atoms with Crippen LogP contribution in [0.1, 0.15) is 37.5 Å². The maximum Gasteiger partial charge on any atom is 0.264 e. The molecule has 0 radical (unpaired) electrons. The molecule has 0 spiro atoms. The van der Waals surface area contributed by atoms with Crippen LogP contribution in [0.4, 0.5) is 5.69 Å². The molecule has 0 saturated carbocycles. The minimum atomic E-state index is -4.13. The molecule has 0 aliphatic heterocycles. The summed E-state index contributed by atoms with van der Waals surface area (Å²) in [7, 11) is -4.13. The number of sulfonamides is 1. The van der Waals surface area contributed by atoms with Gasteiger partial charge in [0.2, 0.25) is 11.8 Å². The van der Waals surface area contributed by atoms with E-state index < -0.39 is 28.5 Å². The van der Waals surface area contributed by atoms with Gasteiger partial charge in [-0.2, -0.15) is 0 Å². The van der Waals surface area contributed by atoms with E-state index in [-0.39, 0.29) is 23.4 Å². The van der Waals surface area contributed by atoms with Crippen molar-refractivity contribution in [3.05, 3.63) is 93.5 Å². The number of benzene rings is 3. The van der Waals surface area contributed by atoms with Crippen LogP contribution in [0.25, 0.3) is 0 Å². The first kappa shape index (κ1) is 30.5. The zero-order chi connectivity index (χ0) is 28.9. The second-order valence-electron chi connectivity index (χ2n) is 9.65. The van der Waals surface area contributed by atoms with E-state index in [9.17, 15) is 18.0 Å². The van der Waals surface area contributed by atoms with Crippen molar-refractivity contribution in [3.8, 4) is 0 Å². The third-order valence-corrected chi connectivity index (χ3v) is 8.87. The average Bonchev–Trinajstić information content (AvgIpc) is 2.88. The van der Waals surface area contributed by atoms with Crippen LogP contribution in [0.3, 0.4) is 0 Å². The Labute approximate surface area is 240 Å². The zero-order valence-electron chi connectivity index (χ0n) is 22.6. The molecule has 3 aromatic rings. The van der Waals surface area contributed by atoms with E-state index in [1.807, 2.05) is 33.8 Å². The molecule has 39 heavy (non-hydrogen) atoms. The van der Waals surface area contributed by atoms with Crippen molar-refractivity contribution in [3.63, 3.8) is 0 Å². The molecular formula is C29H33Cl2N3O4S. The molecule has 3 aromatic carbocycles. The van der Waals surface area contributed by atoms with Crippen LogP contribution in [0.2, 0.25) is 10.0 Å². The molecule has 7 nitrogen and oxygen atoms in total. The fourth-order valence-corrected chi connectivity index (χ4v) is 5.91. The molecule has 10 heteroatoms. The highest BCUT2D eigenvalue weighted by atomic mass is 35.5. The van der Waals surface area contributed by atoms with Gasteiger partial charge in [-0.3, -0.25) is 13.9 Å². The lowest BCUT2D eigenvalue weighted by Crippen LogP contribution is -2.52. The smallest absolute Gasteiger partial charge is 0.264 e. The predicted molar refractivity (Wildman–Crippen MR) is 157 cm³/mol. The second kappa shape index (κ2) is 12.9. The summed E-state index contributed by atoms with van der Waals surface area (Å²) in [5.41, 5.74) is 2.65. The van der Waals surface area contributed by atoms with Gasteiger partial charge in [0.1, 0.15) is 12.6 Å². The van der Waals surface area contributed by atoms with Crippen molar-refractivity contribution in [1.82, 2.24) is 10.2 Å². The van der Waals surface area contributed by atoms with Gasteiger partial charge < -0.3 is 10.2 Å². The van der Waals surface area contributed by atoms with E-state index in [1.165, 1.54) is 17.0 Å². The number of aryl methyl sites for hydroxylation is 2. The summed E-state index contributed by atoms with van der Waals surface area (Å²) in [5, 5.41) is 3.48. The first-order chi connectivity index (χ1) is 18.3. The number of halogens is 2. The molecule has 0 bridgehead atoms. The second-order valence-corrected chi connectivity index (χ2v) is 12.3. The SMILES string of the molecule is Cc1ccc(N(CC(=O)N(Cc2c(Cl)cccc2Cl)[C@@H](C)C(=O)NC(C)C)S(=O)(=O)c2ccccc2)cc1C. The fraction of sp³-hybridized carbons (Fsp3) is 0.310. The van der Waals surface area contributed by atoms with Crippen molar-refractivity contribution < 1.29 is 18.0 Å². The van der Waals surface area contributed by atoms with Gasteiger partial charge >= 0.3 is 0 Å². The first-order valence-electron chi connectivity index (χ1n) is 12.5. The Morgan fingerprint density at radius 2 is 1.49 bits per heavy atom. The molecule has 3 rings (SSSR count). The van der Waals surface area contributed by atoms with Crippen LogP contribution in [0.15, 0.2) is 71.6 Å². The number of amides is 2.